The Kier molecular flexibility index (Phi) is 7.09. The van der Waals surface area contributed by atoms with E-state index >= 15 is 0 Å². The fourth-order valence-corrected chi connectivity index (χ4v) is 5.55. The van der Waals surface area contributed by atoms with Crippen molar-refractivity contribution in [3.05, 3.63) is 29.3 Å². The minimum atomic E-state index is -4.27. The number of carbonyl (C=O) groups is 1. The van der Waals surface area contributed by atoms with Crippen molar-refractivity contribution in [3.63, 3.8) is 0 Å². The van der Waals surface area contributed by atoms with Gasteiger partial charge in [-0.2, -0.15) is 17.5 Å². The van der Waals surface area contributed by atoms with Crippen LogP contribution in [-0.4, -0.2) is 80.4 Å². The SMILES string of the molecule is Cc1ccc(S(=O)(=O)N2CCCCC2)cc1C(=O)N1CCCN(CC(F)(F)F)CC1. The van der Waals surface area contributed by atoms with E-state index in [1.54, 1.807) is 13.0 Å². The van der Waals surface area contributed by atoms with Gasteiger partial charge in [-0.15, -0.1) is 0 Å². The van der Waals surface area contributed by atoms with Crippen LogP contribution in [0.4, 0.5) is 13.2 Å². The third-order valence-electron chi connectivity index (χ3n) is 5.67. The first kappa shape index (κ1) is 23.0. The number of piperidine rings is 1. The van der Waals surface area contributed by atoms with Crippen molar-refractivity contribution in [2.45, 2.75) is 43.7 Å². The second-order valence-corrected chi connectivity index (χ2v) is 9.92. The van der Waals surface area contributed by atoms with Crippen molar-refractivity contribution in [2.24, 2.45) is 0 Å². The normalized spacial score (nSPS) is 20.2. The fourth-order valence-electron chi connectivity index (χ4n) is 4.00. The second kappa shape index (κ2) is 9.23. The molecule has 2 fully saturated rings. The molecule has 2 saturated heterocycles. The molecule has 0 radical (unpaired) electrons. The lowest BCUT2D eigenvalue weighted by molar-refractivity contribution is -0.145. The highest BCUT2D eigenvalue weighted by Crippen LogP contribution is 2.24. The first-order valence-electron chi connectivity index (χ1n) is 10.3. The summed E-state index contributed by atoms with van der Waals surface area (Å²) in [4.78, 5) is 16.0. The van der Waals surface area contributed by atoms with Gasteiger partial charge in [-0.3, -0.25) is 9.69 Å². The van der Waals surface area contributed by atoms with Crippen molar-refractivity contribution in [2.75, 3.05) is 45.8 Å². The topological polar surface area (TPSA) is 60.9 Å². The maximum Gasteiger partial charge on any atom is 0.401 e. The molecule has 0 bridgehead atoms. The number of sulfonamides is 1. The van der Waals surface area contributed by atoms with E-state index in [0.29, 0.717) is 31.6 Å². The first-order valence-corrected chi connectivity index (χ1v) is 11.7. The van der Waals surface area contributed by atoms with E-state index in [2.05, 4.69) is 0 Å². The van der Waals surface area contributed by atoms with Gasteiger partial charge in [-0.25, -0.2) is 8.42 Å². The molecule has 2 aliphatic rings. The molecule has 0 spiro atoms. The second-order valence-electron chi connectivity index (χ2n) is 7.98. The number of hydrogen-bond donors (Lipinski definition) is 0. The van der Waals surface area contributed by atoms with Crippen LogP contribution in [0.1, 0.15) is 41.6 Å². The molecule has 0 saturated carbocycles. The number of carbonyl (C=O) groups excluding carboxylic acids is 1. The molecule has 30 heavy (non-hydrogen) atoms. The van der Waals surface area contributed by atoms with E-state index in [0.717, 1.165) is 19.3 Å². The highest BCUT2D eigenvalue weighted by atomic mass is 32.2. The summed E-state index contributed by atoms with van der Waals surface area (Å²) >= 11 is 0. The van der Waals surface area contributed by atoms with Crippen LogP contribution in [0.15, 0.2) is 23.1 Å². The van der Waals surface area contributed by atoms with Crippen LogP contribution in [-0.2, 0) is 10.0 Å². The zero-order valence-corrected chi connectivity index (χ0v) is 17.9. The van der Waals surface area contributed by atoms with Crippen LogP contribution >= 0.6 is 0 Å². The lowest BCUT2D eigenvalue weighted by atomic mass is 10.1. The van der Waals surface area contributed by atoms with Crippen molar-refractivity contribution in [1.29, 1.82) is 0 Å². The summed E-state index contributed by atoms with van der Waals surface area (Å²) in [5.74, 6) is -0.336. The minimum Gasteiger partial charge on any atom is -0.337 e. The Morgan fingerprint density at radius 1 is 0.967 bits per heavy atom. The molecule has 2 aliphatic heterocycles. The molecule has 2 heterocycles. The third-order valence-corrected chi connectivity index (χ3v) is 7.57. The van der Waals surface area contributed by atoms with E-state index in [1.807, 2.05) is 0 Å². The van der Waals surface area contributed by atoms with Crippen LogP contribution < -0.4 is 0 Å². The van der Waals surface area contributed by atoms with Crippen molar-refractivity contribution in [3.8, 4) is 0 Å². The van der Waals surface area contributed by atoms with Crippen LogP contribution in [0.3, 0.4) is 0 Å². The lowest BCUT2D eigenvalue weighted by Gasteiger charge is -2.26. The number of hydrogen-bond acceptors (Lipinski definition) is 4. The summed E-state index contributed by atoms with van der Waals surface area (Å²) < 4.78 is 65.4. The van der Waals surface area contributed by atoms with Crippen molar-refractivity contribution in [1.82, 2.24) is 14.1 Å². The molecule has 0 atom stereocenters. The van der Waals surface area contributed by atoms with E-state index in [1.165, 1.54) is 26.2 Å². The lowest BCUT2D eigenvalue weighted by Crippen LogP contribution is -2.39. The zero-order valence-electron chi connectivity index (χ0n) is 17.1. The largest absolute Gasteiger partial charge is 0.401 e. The molecule has 0 N–H and O–H groups in total. The van der Waals surface area contributed by atoms with Crippen LogP contribution in [0, 0.1) is 6.92 Å². The van der Waals surface area contributed by atoms with Gasteiger partial charge >= 0.3 is 6.18 Å². The van der Waals surface area contributed by atoms with Crippen LogP contribution in [0.25, 0.3) is 0 Å². The molecule has 0 aliphatic carbocycles. The zero-order chi connectivity index (χ0) is 21.9. The maximum absolute atomic E-state index is 13.1. The van der Waals surface area contributed by atoms with Gasteiger partial charge in [-0.1, -0.05) is 12.5 Å². The van der Waals surface area contributed by atoms with Gasteiger partial charge in [0.05, 0.1) is 11.4 Å². The van der Waals surface area contributed by atoms with E-state index < -0.39 is 22.7 Å². The van der Waals surface area contributed by atoms with Crippen molar-refractivity contribution < 1.29 is 26.4 Å². The number of amides is 1. The Morgan fingerprint density at radius 3 is 2.33 bits per heavy atom. The molecule has 1 aromatic rings. The summed E-state index contributed by atoms with van der Waals surface area (Å²) in [6.45, 7) is 2.62. The number of rotatable bonds is 4. The van der Waals surface area contributed by atoms with Gasteiger partial charge in [0, 0.05) is 44.8 Å². The summed E-state index contributed by atoms with van der Waals surface area (Å²) in [5, 5.41) is 0. The Labute approximate surface area is 175 Å². The predicted octanol–water partition coefficient (Wildman–Crippen LogP) is 2.88. The van der Waals surface area contributed by atoms with Gasteiger partial charge in [0.1, 0.15) is 0 Å². The van der Waals surface area contributed by atoms with Gasteiger partial charge in [0.15, 0.2) is 0 Å². The first-order chi connectivity index (χ1) is 14.1. The smallest absolute Gasteiger partial charge is 0.337 e. The van der Waals surface area contributed by atoms with Gasteiger partial charge in [0.25, 0.3) is 5.91 Å². The van der Waals surface area contributed by atoms with E-state index in [9.17, 15) is 26.4 Å². The summed E-state index contributed by atoms with van der Waals surface area (Å²) in [5.41, 5.74) is 0.936. The average Bonchev–Trinajstić information content (AvgIpc) is 2.92. The Balaban J connectivity index is 1.77. The molecular formula is C20H28F3N3O3S. The predicted molar refractivity (Wildman–Crippen MR) is 107 cm³/mol. The number of halogens is 3. The molecule has 10 heteroatoms. The Bertz CT molecular complexity index is 868. The van der Waals surface area contributed by atoms with Gasteiger partial charge in [0.2, 0.25) is 10.0 Å². The summed E-state index contributed by atoms with van der Waals surface area (Å²) in [7, 11) is -3.67. The van der Waals surface area contributed by atoms with E-state index in [-0.39, 0.29) is 36.0 Å². The maximum atomic E-state index is 13.1. The molecule has 6 nitrogen and oxygen atoms in total. The van der Waals surface area contributed by atoms with Crippen molar-refractivity contribution >= 4 is 15.9 Å². The van der Waals surface area contributed by atoms with Crippen LogP contribution in [0.2, 0.25) is 0 Å². The molecule has 168 valence electrons. The summed E-state index contributed by atoms with van der Waals surface area (Å²) in [6, 6.07) is 4.56. The summed E-state index contributed by atoms with van der Waals surface area (Å²) in [6.07, 6.45) is -1.19. The number of alkyl halides is 3. The number of nitrogens with zero attached hydrogens (tertiary/aromatic N) is 3. The fraction of sp³-hybridized carbons (Fsp3) is 0.650. The number of aryl methyl sites for hydroxylation is 1. The molecule has 3 rings (SSSR count). The minimum absolute atomic E-state index is 0.0897. The molecule has 0 aromatic heterocycles. The highest BCUT2D eigenvalue weighted by Gasteiger charge is 2.32. The highest BCUT2D eigenvalue weighted by molar-refractivity contribution is 7.89. The monoisotopic (exact) mass is 447 g/mol. The quantitative estimate of drug-likeness (QED) is 0.712. The molecule has 1 aromatic carbocycles. The number of benzene rings is 1. The van der Waals surface area contributed by atoms with E-state index in [4.69, 9.17) is 0 Å². The third kappa shape index (κ3) is 5.53. The Morgan fingerprint density at radius 2 is 1.67 bits per heavy atom. The molecule has 0 unspecified atom stereocenters. The molecule has 1 amide bonds. The van der Waals surface area contributed by atoms with Crippen LogP contribution in [0.5, 0.6) is 0 Å². The van der Waals surface area contributed by atoms with Gasteiger partial charge < -0.3 is 4.90 Å². The average molecular weight is 448 g/mol. The Hall–Kier alpha value is -1.65. The molecular weight excluding hydrogens is 419 g/mol. The van der Waals surface area contributed by atoms with Gasteiger partial charge in [-0.05, 0) is 43.9 Å². The standard InChI is InChI=1S/C20H28F3N3O3S/c1-16-6-7-17(30(28,29)26-10-3-2-4-11-26)14-18(16)19(27)25-9-5-8-24(12-13-25)15-20(21,22)23/h6-7,14H,2-5,8-13,15H2,1H3.